The van der Waals surface area contributed by atoms with E-state index in [1.165, 1.54) is 0 Å². The largest absolute Gasteiger partial charge is 0.271 e. The van der Waals surface area contributed by atoms with Crippen LogP contribution in [0.1, 0.15) is 11.1 Å². The van der Waals surface area contributed by atoms with Crippen LogP contribution in [0.3, 0.4) is 0 Å². The van der Waals surface area contributed by atoms with Crippen LogP contribution in [0.25, 0.3) is 0 Å². The van der Waals surface area contributed by atoms with Gasteiger partial charge < -0.3 is 0 Å². The number of aromatic nitrogens is 1. The van der Waals surface area contributed by atoms with Crippen molar-refractivity contribution in [2.75, 3.05) is 0 Å². The second kappa shape index (κ2) is 3.67. The molecule has 0 unspecified atom stereocenters. The lowest BCUT2D eigenvalue weighted by Crippen LogP contribution is -2.20. The number of aryl methyl sites for hydroxylation is 1. The van der Waals surface area contributed by atoms with Gasteiger partial charge in [-0.25, -0.2) is 4.98 Å². The van der Waals surface area contributed by atoms with Crippen molar-refractivity contribution in [3.8, 4) is 0 Å². The van der Waals surface area contributed by atoms with Crippen LogP contribution >= 0.6 is 11.6 Å². The summed E-state index contributed by atoms with van der Waals surface area (Å²) in [6, 6.07) is 1.95. The summed E-state index contributed by atoms with van der Waals surface area (Å²) < 4.78 is 0. The van der Waals surface area contributed by atoms with Crippen molar-refractivity contribution in [1.29, 1.82) is 0 Å². The van der Waals surface area contributed by atoms with Gasteiger partial charge in [0.25, 0.3) is 0 Å². The van der Waals surface area contributed by atoms with Gasteiger partial charge in [-0.15, -0.1) is 0 Å². The molecule has 0 bridgehead atoms. The van der Waals surface area contributed by atoms with Gasteiger partial charge in [-0.05, 0) is 18.1 Å². The fraction of sp³-hybridized carbons (Fsp3) is 0.286. The lowest BCUT2D eigenvalue weighted by molar-refractivity contribution is 0.738. The van der Waals surface area contributed by atoms with Crippen LogP contribution in [0.15, 0.2) is 12.3 Å². The summed E-state index contributed by atoms with van der Waals surface area (Å²) in [5, 5.41) is 0.547. The van der Waals surface area contributed by atoms with Gasteiger partial charge in [-0.3, -0.25) is 11.3 Å². The molecule has 0 saturated heterocycles. The molecule has 0 saturated carbocycles. The Labute approximate surface area is 70.5 Å². The predicted molar refractivity (Wildman–Crippen MR) is 45.0 cm³/mol. The highest BCUT2D eigenvalue weighted by molar-refractivity contribution is 6.30. The van der Waals surface area contributed by atoms with E-state index in [0.717, 1.165) is 11.1 Å². The lowest BCUT2D eigenvalue weighted by atomic mass is 10.2. The van der Waals surface area contributed by atoms with Gasteiger partial charge in [0, 0.05) is 12.7 Å². The van der Waals surface area contributed by atoms with Crippen molar-refractivity contribution >= 4 is 11.6 Å². The Morgan fingerprint density at radius 2 is 2.45 bits per heavy atom. The third-order valence-corrected chi connectivity index (χ3v) is 1.77. The van der Waals surface area contributed by atoms with Crippen LogP contribution in [0.2, 0.25) is 5.15 Å². The number of hydrazine groups is 1. The van der Waals surface area contributed by atoms with Gasteiger partial charge in [0.15, 0.2) is 0 Å². The summed E-state index contributed by atoms with van der Waals surface area (Å²) in [4.78, 5) is 3.97. The molecule has 0 aromatic carbocycles. The van der Waals surface area contributed by atoms with E-state index in [-0.39, 0.29) is 0 Å². The Morgan fingerprint density at radius 3 is 3.00 bits per heavy atom. The molecule has 3 nitrogen and oxygen atoms in total. The fourth-order valence-electron chi connectivity index (χ4n) is 0.831. The minimum absolute atomic E-state index is 0.547. The highest BCUT2D eigenvalue weighted by Gasteiger charge is 1.96. The van der Waals surface area contributed by atoms with Crippen LogP contribution in [-0.4, -0.2) is 4.98 Å². The minimum atomic E-state index is 0.547. The summed E-state index contributed by atoms with van der Waals surface area (Å²) in [6.07, 6.45) is 1.70. The average molecular weight is 172 g/mol. The van der Waals surface area contributed by atoms with Crippen molar-refractivity contribution < 1.29 is 0 Å². The van der Waals surface area contributed by atoms with Crippen molar-refractivity contribution in [3.05, 3.63) is 28.5 Å². The van der Waals surface area contributed by atoms with Crippen LogP contribution in [0.5, 0.6) is 0 Å². The minimum Gasteiger partial charge on any atom is -0.271 e. The van der Waals surface area contributed by atoms with Crippen LogP contribution in [0, 0.1) is 6.92 Å². The zero-order chi connectivity index (χ0) is 8.27. The summed E-state index contributed by atoms with van der Waals surface area (Å²) >= 11 is 5.72. The molecule has 0 radical (unpaired) electrons. The third kappa shape index (κ3) is 2.15. The van der Waals surface area contributed by atoms with Crippen molar-refractivity contribution in [2.45, 2.75) is 13.5 Å². The number of halogens is 1. The first-order valence-corrected chi connectivity index (χ1v) is 3.66. The molecule has 0 atom stereocenters. The standard InChI is InChI=1S/C7H10ClN3/c1-5-2-6(4-11-9)3-10-7(5)8/h2-3,11H,4,9H2,1H3. The second-order valence-electron chi connectivity index (χ2n) is 2.33. The molecule has 0 fully saturated rings. The van der Waals surface area contributed by atoms with Gasteiger partial charge in [-0.2, -0.15) is 0 Å². The molecule has 11 heavy (non-hydrogen) atoms. The number of nitrogens with zero attached hydrogens (tertiary/aromatic N) is 1. The van der Waals surface area contributed by atoms with Crippen molar-refractivity contribution in [1.82, 2.24) is 10.4 Å². The molecule has 1 rings (SSSR count). The van der Waals surface area contributed by atoms with Gasteiger partial charge in [0.05, 0.1) is 0 Å². The normalized spacial score (nSPS) is 10.1. The molecule has 60 valence electrons. The topological polar surface area (TPSA) is 50.9 Å². The first kappa shape index (κ1) is 8.46. The molecule has 0 aliphatic carbocycles. The number of hydrogen-bond acceptors (Lipinski definition) is 3. The van der Waals surface area contributed by atoms with E-state index in [9.17, 15) is 0 Å². The molecular formula is C7H10ClN3. The SMILES string of the molecule is Cc1cc(CNN)cnc1Cl. The summed E-state index contributed by atoms with van der Waals surface area (Å²) in [7, 11) is 0. The van der Waals surface area contributed by atoms with E-state index in [0.29, 0.717) is 11.7 Å². The van der Waals surface area contributed by atoms with Gasteiger partial charge >= 0.3 is 0 Å². The first-order valence-electron chi connectivity index (χ1n) is 3.28. The van der Waals surface area contributed by atoms with Crippen LogP contribution in [0.4, 0.5) is 0 Å². The zero-order valence-electron chi connectivity index (χ0n) is 6.26. The number of nitrogens with one attached hydrogen (secondary N) is 1. The summed E-state index contributed by atoms with van der Waals surface area (Å²) in [5.41, 5.74) is 4.56. The molecule has 0 spiro atoms. The number of pyridine rings is 1. The van der Waals surface area contributed by atoms with Crippen LogP contribution in [-0.2, 0) is 6.54 Å². The Morgan fingerprint density at radius 1 is 1.73 bits per heavy atom. The van der Waals surface area contributed by atoms with E-state index in [1.807, 2.05) is 13.0 Å². The Balaban J connectivity index is 2.86. The molecule has 0 aliphatic heterocycles. The molecular weight excluding hydrogens is 162 g/mol. The maximum absolute atomic E-state index is 5.72. The zero-order valence-corrected chi connectivity index (χ0v) is 7.02. The quantitative estimate of drug-likeness (QED) is 0.397. The summed E-state index contributed by atoms with van der Waals surface area (Å²) in [6.45, 7) is 2.53. The highest BCUT2D eigenvalue weighted by Crippen LogP contribution is 2.11. The maximum atomic E-state index is 5.72. The van der Waals surface area contributed by atoms with Crippen LogP contribution < -0.4 is 11.3 Å². The van der Waals surface area contributed by atoms with Gasteiger partial charge in [0.1, 0.15) is 5.15 Å². The highest BCUT2D eigenvalue weighted by atomic mass is 35.5. The second-order valence-corrected chi connectivity index (χ2v) is 2.69. The monoisotopic (exact) mass is 171 g/mol. The summed E-state index contributed by atoms with van der Waals surface area (Å²) in [5.74, 6) is 5.14. The lowest BCUT2D eigenvalue weighted by Gasteiger charge is -2.01. The smallest absolute Gasteiger partial charge is 0.131 e. The predicted octanol–water partition coefficient (Wildman–Crippen LogP) is 1.01. The number of hydrogen-bond donors (Lipinski definition) is 2. The average Bonchev–Trinajstić information content (AvgIpc) is 1.98. The van der Waals surface area contributed by atoms with Crippen molar-refractivity contribution in [2.24, 2.45) is 5.84 Å². The molecule has 1 aromatic heterocycles. The number of nitrogens with two attached hydrogens (primary N) is 1. The fourth-order valence-corrected chi connectivity index (χ4v) is 0.934. The first-order chi connectivity index (χ1) is 5.24. The molecule has 0 aliphatic rings. The van der Waals surface area contributed by atoms with E-state index < -0.39 is 0 Å². The molecule has 1 aromatic rings. The Hall–Kier alpha value is -0.640. The van der Waals surface area contributed by atoms with E-state index in [4.69, 9.17) is 17.4 Å². The molecule has 3 N–H and O–H groups in total. The van der Waals surface area contributed by atoms with Gasteiger partial charge in [-0.1, -0.05) is 17.7 Å². The van der Waals surface area contributed by atoms with Gasteiger partial charge in [0.2, 0.25) is 0 Å². The number of rotatable bonds is 2. The third-order valence-electron chi connectivity index (χ3n) is 1.38. The maximum Gasteiger partial charge on any atom is 0.131 e. The molecule has 4 heteroatoms. The molecule has 1 heterocycles. The Bertz CT molecular complexity index is 249. The van der Waals surface area contributed by atoms with E-state index in [2.05, 4.69) is 10.4 Å². The molecule has 0 amide bonds. The van der Waals surface area contributed by atoms with Crippen molar-refractivity contribution in [3.63, 3.8) is 0 Å². The Kier molecular flexibility index (Phi) is 2.82. The van der Waals surface area contributed by atoms with E-state index >= 15 is 0 Å². The van der Waals surface area contributed by atoms with E-state index in [1.54, 1.807) is 6.20 Å².